The molecule has 2 rings (SSSR count). The molecule has 0 saturated carbocycles. The van der Waals surface area contributed by atoms with E-state index in [4.69, 9.17) is 16.7 Å². The molecular formula is C13H8BrClO2S. The number of hydrogen-bond acceptors (Lipinski definition) is 2. The van der Waals surface area contributed by atoms with Crippen LogP contribution in [0.5, 0.6) is 0 Å². The Labute approximate surface area is 122 Å². The summed E-state index contributed by atoms with van der Waals surface area (Å²) in [5.74, 6) is -0.935. The van der Waals surface area contributed by atoms with Gasteiger partial charge in [-0.25, -0.2) is 4.79 Å². The Balaban J connectivity index is 2.27. The fourth-order valence-corrected chi connectivity index (χ4v) is 3.13. The number of aromatic carboxylic acids is 1. The topological polar surface area (TPSA) is 37.3 Å². The standard InChI is InChI=1S/C13H8BrClO2S/c14-11-6-8(13(16)17)4-5-12(11)18-10-3-1-2-9(15)7-10/h1-7H,(H,16,17). The summed E-state index contributed by atoms with van der Waals surface area (Å²) in [5, 5.41) is 9.56. The first kappa shape index (κ1) is 13.5. The molecule has 0 fully saturated rings. The van der Waals surface area contributed by atoms with Crippen LogP contribution in [0.4, 0.5) is 0 Å². The van der Waals surface area contributed by atoms with Crippen molar-refractivity contribution in [2.75, 3.05) is 0 Å². The Kier molecular flexibility index (Phi) is 4.32. The maximum Gasteiger partial charge on any atom is 0.335 e. The van der Waals surface area contributed by atoms with Gasteiger partial charge in [0, 0.05) is 19.3 Å². The van der Waals surface area contributed by atoms with Crippen molar-refractivity contribution >= 4 is 45.3 Å². The van der Waals surface area contributed by atoms with Crippen molar-refractivity contribution in [3.63, 3.8) is 0 Å². The van der Waals surface area contributed by atoms with Crippen LogP contribution in [0.1, 0.15) is 10.4 Å². The molecule has 0 aliphatic carbocycles. The second-order valence-corrected chi connectivity index (χ2v) is 5.92. The quantitative estimate of drug-likeness (QED) is 0.856. The molecule has 1 N–H and O–H groups in total. The predicted molar refractivity (Wildman–Crippen MR) is 76.7 cm³/mol. The van der Waals surface area contributed by atoms with Crippen molar-refractivity contribution in [3.05, 3.63) is 57.5 Å². The van der Waals surface area contributed by atoms with Gasteiger partial charge >= 0.3 is 5.97 Å². The van der Waals surface area contributed by atoms with Crippen molar-refractivity contribution in [2.24, 2.45) is 0 Å². The van der Waals surface area contributed by atoms with Crippen LogP contribution in [0, 0.1) is 0 Å². The van der Waals surface area contributed by atoms with Crippen LogP contribution in [-0.2, 0) is 0 Å². The molecule has 0 radical (unpaired) electrons. The van der Waals surface area contributed by atoms with Gasteiger partial charge in [-0.3, -0.25) is 0 Å². The third kappa shape index (κ3) is 3.28. The highest BCUT2D eigenvalue weighted by atomic mass is 79.9. The third-order valence-electron chi connectivity index (χ3n) is 2.20. The molecule has 18 heavy (non-hydrogen) atoms. The molecule has 0 unspecified atom stereocenters. The van der Waals surface area contributed by atoms with Gasteiger partial charge in [0.15, 0.2) is 0 Å². The first-order chi connectivity index (χ1) is 8.56. The lowest BCUT2D eigenvalue weighted by molar-refractivity contribution is 0.0696. The lowest BCUT2D eigenvalue weighted by Gasteiger charge is -2.05. The molecular weight excluding hydrogens is 336 g/mol. The zero-order valence-electron chi connectivity index (χ0n) is 9.06. The van der Waals surface area contributed by atoms with E-state index in [-0.39, 0.29) is 5.56 Å². The van der Waals surface area contributed by atoms with Crippen LogP contribution < -0.4 is 0 Å². The number of benzene rings is 2. The summed E-state index contributed by atoms with van der Waals surface area (Å²) in [7, 11) is 0. The van der Waals surface area contributed by atoms with Crippen molar-refractivity contribution in [2.45, 2.75) is 9.79 Å². The van der Waals surface area contributed by atoms with Gasteiger partial charge in [0.25, 0.3) is 0 Å². The van der Waals surface area contributed by atoms with Gasteiger partial charge in [-0.15, -0.1) is 0 Å². The van der Waals surface area contributed by atoms with Gasteiger partial charge in [-0.05, 0) is 52.3 Å². The smallest absolute Gasteiger partial charge is 0.335 e. The van der Waals surface area contributed by atoms with E-state index in [9.17, 15) is 4.79 Å². The normalized spacial score (nSPS) is 10.3. The Morgan fingerprint density at radius 3 is 2.61 bits per heavy atom. The van der Waals surface area contributed by atoms with Crippen molar-refractivity contribution in [3.8, 4) is 0 Å². The molecule has 0 atom stereocenters. The molecule has 0 heterocycles. The Morgan fingerprint density at radius 1 is 1.22 bits per heavy atom. The lowest BCUT2D eigenvalue weighted by atomic mass is 10.2. The Hall–Kier alpha value is -0.970. The van der Waals surface area contributed by atoms with Crippen LogP contribution in [0.15, 0.2) is 56.7 Å². The number of halogens is 2. The van der Waals surface area contributed by atoms with Gasteiger partial charge < -0.3 is 5.11 Å². The second-order valence-electron chi connectivity index (χ2n) is 3.51. The van der Waals surface area contributed by atoms with Gasteiger partial charge in [-0.1, -0.05) is 29.4 Å². The summed E-state index contributed by atoms with van der Waals surface area (Å²) in [5.41, 5.74) is 0.261. The molecule has 2 aromatic rings. The molecule has 5 heteroatoms. The van der Waals surface area contributed by atoms with Crippen molar-refractivity contribution in [1.29, 1.82) is 0 Å². The molecule has 2 nitrogen and oxygen atoms in total. The fraction of sp³-hybridized carbons (Fsp3) is 0. The second kappa shape index (κ2) is 5.78. The zero-order valence-corrected chi connectivity index (χ0v) is 12.2. The van der Waals surface area contributed by atoms with Crippen molar-refractivity contribution < 1.29 is 9.90 Å². The largest absolute Gasteiger partial charge is 0.478 e. The zero-order chi connectivity index (χ0) is 13.1. The molecule has 92 valence electrons. The van der Waals surface area contributed by atoms with E-state index in [2.05, 4.69) is 15.9 Å². The number of rotatable bonds is 3. The molecule has 2 aromatic carbocycles. The average molecular weight is 344 g/mol. The maximum absolute atomic E-state index is 10.8. The van der Waals surface area contributed by atoms with E-state index < -0.39 is 5.97 Å². The molecule has 0 aliphatic heterocycles. The van der Waals surface area contributed by atoms with E-state index in [0.29, 0.717) is 5.02 Å². The highest BCUT2D eigenvalue weighted by Gasteiger charge is 2.08. The summed E-state index contributed by atoms with van der Waals surface area (Å²) in [6, 6.07) is 12.5. The predicted octanol–water partition coefficient (Wildman–Crippen LogP) is 4.95. The lowest BCUT2D eigenvalue weighted by Crippen LogP contribution is -1.95. The number of carboxylic acid groups (broad SMARTS) is 1. The van der Waals surface area contributed by atoms with Gasteiger partial charge in [0.1, 0.15) is 0 Å². The Morgan fingerprint density at radius 2 is 2.00 bits per heavy atom. The van der Waals surface area contributed by atoms with Gasteiger partial charge in [0.2, 0.25) is 0 Å². The molecule has 0 spiro atoms. The minimum atomic E-state index is -0.935. The number of hydrogen-bond donors (Lipinski definition) is 1. The van der Waals surface area contributed by atoms with E-state index in [1.165, 1.54) is 11.8 Å². The summed E-state index contributed by atoms with van der Waals surface area (Å²) >= 11 is 10.8. The van der Waals surface area contributed by atoms with E-state index in [0.717, 1.165) is 14.3 Å². The van der Waals surface area contributed by atoms with E-state index in [1.807, 2.05) is 24.3 Å². The van der Waals surface area contributed by atoms with Crippen LogP contribution in [0.2, 0.25) is 5.02 Å². The minimum absolute atomic E-state index is 0.261. The number of carbonyl (C=O) groups is 1. The van der Waals surface area contributed by atoms with E-state index in [1.54, 1.807) is 18.2 Å². The third-order valence-corrected chi connectivity index (χ3v) is 4.42. The summed E-state index contributed by atoms with van der Waals surface area (Å²) in [6.45, 7) is 0. The number of carboxylic acids is 1. The van der Waals surface area contributed by atoms with Crippen molar-refractivity contribution in [1.82, 2.24) is 0 Å². The van der Waals surface area contributed by atoms with Gasteiger partial charge in [0.05, 0.1) is 5.56 Å². The SMILES string of the molecule is O=C(O)c1ccc(Sc2cccc(Cl)c2)c(Br)c1. The Bertz CT molecular complexity index is 601. The van der Waals surface area contributed by atoms with Gasteiger partial charge in [-0.2, -0.15) is 0 Å². The minimum Gasteiger partial charge on any atom is -0.478 e. The first-order valence-corrected chi connectivity index (χ1v) is 7.01. The van der Waals surface area contributed by atoms with Crippen LogP contribution in [0.3, 0.4) is 0 Å². The molecule has 0 saturated heterocycles. The van der Waals surface area contributed by atoms with E-state index >= 15 is 0 Å². The van der Waals surface area contributed by atoms with Crippen LogP contribution >= 0.6 is 39.3 Å². The molecule has 0 amide bonds. The summed E-state index contributed by atoms with van der Waals surface area (Å²) in [4.78, 5) is 12.8. The summed E-state index contributed by atoms with van der Waals surface area (Å²) < 4.78 is 0.757. The fourth-order valence-electron chi connectivity index (χ4n) is 1.37. The maximum atomic E-state index is 10.8. The molecule has 0 bridgehead atoms. The average Bonchev–Trinajstić information content (AvgIpc) is 2.31. The first-order valence-electron chi connectivity index (χ1n) is 5.02. The van der Waals surface area contributed by atoms with Crippen LogP contribution in [0.25, 0.3) is 0 Å². The van der Waals surface area contributed by atoms with Crippen LogP contribution in [-0.4, -0.2) is 11.1 Å². The highest BCUT2D eigenvalue weighted by Crippen LogP contribution is 2.34. The summed E-state index contributed by atoms with van der Waals surface area (Å²) in [6.07, 6.45) is 0. The molecule has 0 aliphatic rings. The monoisotopic (exact) mass is 342 g/mol. The highest BCUT2D eigenvalue weighted by molar-refractivity contribution is 9.10. The molecule has 0 aromatic heterocycles.